The van der Waals surface area contributed by atoms with Gasteiger partial charge in [0.25, 0.3) is 5.91 Å². The Morgan fingerprint density at radius 3 is 2.47 bits per heavy atom. The number of halogens is 2. The van der Waals surface area contributed by atoms with Crippen molar-refractivity contribution in [3.05, 3.63) is 33.8 Å². The fourth-order valence-electron chi connectivity index (χ4n) is 1.18. The van der Waals surface area contributed by atoms with Crippen LogP contribution in [0.2, 0.25) is 10.0 Å². The zero-order valence-electron chi connectivity index (χ0n) is 9.50. The van der Waals surface area contributed by atoms with Crippen molar-refractivity contribution in [1.29, 1.82) is 0 Å². The second-order valence-electron chi connectivity index (χ2n) is 3.24. The van der Waals surface area contributed by atoms with E-state index in [-0.39, 0.29) is 12.5 Å². The third kappa shape index (κ3) is 4.16. The first kappa shape index (κ1) is 14.3. The zero-order chi connectivity index (χ0) is 12.8. The summed E-state index contributed by atoms with van der Waals surface area (Å²) in [6, 6.07) is 4.68. The Morgan fingerprint density at radius 1 is 1.29 bits per heavy atom. The lowest BCUT2D eigenvalue weighted by Gasteiger charge is -2.14. The molecule has 0 spiro atoms. The average molecular weight is 278 g/mol. The van der Waals surface area contributed by atoms with Crippen LogP contribution < -0.4 is 5.32 Å². The first-order valence-corrected chi connectivity index (χ1v) is 5.63. The Kier molecular flexibility index (Phi) is 5.71. The van der Waals surface area contributed by atoms with E-state index in [1.807, 2.05) is 0 Å². The van der Waals surface area contributed by atoms with E-state index in [0.29, 0.717) is 15.6 Å². The van der Waals surface area contributed by atoms with E-state index in [1.54, 1.807) is 12.1 Å². The Labute approximate surface area is 110 Å². The SMILES string of the molecule is COC(CNC(=O)c1ccc(Cl)c(Cl)c1)OC. The maximum absolute atomic E-state index is 11.7. The molecule has 1 amide bonds. The monoisotopic (exact) mass is 277 g/mol. The van der Waals surface area contributed by atoms with Crippen molar-refractivity contribution in [2.45, 2.75) is 6.29 Å². The Hall–Kier alpha value is -0.810. The quantitative estimate of drug-likeness (QED) is 0.841. The van der Waals surface area contributed by atoms with E-state index in [4.69, 9.17) is 32.7 Å². The van der Waals surface area contributed by atoms with E-state index < -0.39 is 6.29 Å². The molecule has 0 fully saturated rings. The Bertz CT molecular complexity index is 394. The Balaban J connectivity index is 2.61. The summed E-state index contributed by atoms with van der Waals surface area (Å²) in [5, 5.41) is 3.41. The highest BCUT2D eigenvalue weighted by Gasteiger charge is 2.10. The largest absolute Gasteiger partial charge is 0.354 e. The fourth-order valence-corrected chi connectivity index (χ4v) is 1.48. The molecule has 1 aromatic carbocycles. The molecule has 17 heavy (non-hydrogen) atoms. The molecule has 0 saturated carbocycles. The predicted octanol–water partition coefficient (Wildman–Crippen LogP) is 2.34. The summed E-state index contributed by atoms with van der Waals surface area (Å²) < 4.78 is 9.89. The van der Waals surface area contributed by atoms with Crippen molar-refractivity contribution in [3.8, 4) is 0 Å². The number of ether oxygens (including phenoxy) is 2. The first-order valence-electron chi connectivity index (χ1n) is 4.87. The molecular weight excluding hydrogens is 265 g/mol. The first-order chi connectivity index (χ1) is 8.08. The summed E-state index contributed by atoms with van der Waals surface area (Å²) in [5.41, 5.74) is 0.436. The van der Waals surface area contributed by atoms with Gasteiger partial charge in [0.05, 0.1) is 16.6 Å². The molecule has 4 nitrogen and oxygen atoms in total. The molecule has 0 aliphatic heterocycles. The molecule has 0 atom stereocenters. The number of hydrogen-bond donors (Lipinski definition) is 1. The third-order valence-corrected chi connectivity index (χ3v) is 2.88. The highest BCUT2D eigenvalue weighted by atomic mass is 35.5. The second-order valence-corrected chi connectivity index (χ2v) is 4.05. The van der Waals surface area contributed by atoms with Crippen LogP contribution in [0, 0.1) is 0 Å². The number of carbonyl (C=O) groups is 1. The van der Waals surface area contributed by atoms with E-state index >= 15 is 0 Å². The van der Waals surface area contributed by atoms with Crippen LogP contribution in [0.15, 0.2) is 18.2 Å². The number of benzene rings is 1. The fraction of sp³-hybridized carbons (Fsp3) is 0.364. The van der Waals surface area contributed by atoms with Crippen molar-refractivity contribution in [1.82, 2.24) is 5.32 Å². The number of methoxy groups -OCH3 is 2. The maximum Gasteiger partial charge on any atom is 0.251 e. The van der Waals surface area contributed by atoms with Gasteiger partial charge in [0.15, 0.2) is 6.29 Å². The minimum Gasteiger partial charge on any atom is -0.354 e. The lowest BCUT2D eigenvalue weighted by molar-refractivity contribution is -0.0974. The van der Waals surface area contributed by atoms with Crippen LogP contribution in [0.25, 0.3) is 0 Å². The van der Waals surface area contributed by atoms with Crippen molar-refractivity contribution in [2.75, 3.05) is 20.8 Å². The number of rotatable bonds is 5. The van der Waals surface area contributed by atoms with Crippen molar-refractivity contribution >= 4 is 29.1 Å². The van der Waals surface area contributed by atoms with Crippen LogP contribution >= 0.6 is 23.2 Å². The van der Waals surface area contributed by atoms with Gasteiger partial charge in [-0.25, -0.2) is 0 Å². The van der Waals surface area contributed by atoms with E-state index in [2.05, 4.69) is 5.32 Å². The summed E-state index contributed by atoms with van der Waals surface area (Å²) in [6.45, 7) is 0.256. The third-order valence-electron chi connectivity index (χ3n) is 2.14. The molecule has 0 aliphatic rings. The molecule has 0 aromatic heterocycles. The van der Waals surface area contributed by atoms with Gasteiger partial charge in [0, 0.05) is 19.8 Å². The van der Waals surface area contributed by atoms with E-state index in [0.717, 1.165) is 0 Å². The van der Waals surface area contributed by atoms with Crippen LogP contribution in [0.4, 0.5) is 0 Å². The van der Waals surface area contributed by atoms with Gasteiger partial charge in [-0.05, 0) is 18.2 Å². The van der Waals surface area contributed by atoms with Gasteiger partial charge in [-0.15, -0.1) is 0 Å². The maximum atomic E-state index is 11.7. The summed E-state index contributed by atoms with van der Waals surface area (Å²) in [6.07, 6.45) is -0.471. The summed E-state index contributed by atoms with van der Waals surface area (Å²) >= 11 is 11.6. The van der Waals surface area contributed by atoms with Gasteiger partial charge in [-0.2, -0.15) is 0 Å². The molecule has 0 heterocycles. The molecule has 1 rings (SSSR count). The van der Waals surface area contributed by atoms with Crippen LogP contribution in [0.5, 0.6) is 0 Å². The van der Waals surface area contributed by atoms with E-state index in [9.17, 15) is 4.79 Å². The predicted molar refractivity (Wildman–Crippen MR) is 66.6 cm³/mol. The van der Waals surface area contributed by atoms with E-state index in [1.165, 1.54) is 20.3 Å². The van der Waals surface area contributed by atoms with Crippen molar-refractivity contribution < 1.29 is 14.3 Å². The molecule has 0 radical (unpaired) electrons. The summed E-state index contributed by atoms with van der Waals surface area (Å²) in [4.78, 5) is 11.7. The summed E-state index contributed by atoms with van der Waals surface area (Å²) in [5.74, 6) is -0.261. The molecular formula is C11H13Cl2NO3. The van der Waals surface area contributed by atoms with Crippen LogP contribution in [-0.2, 0) is 9.47 Å². The average Bonchev–Trinajstić information content (AvgIpc) is 2.33. The molecule has 1 N–H and O–H groups in total. The highest BCUT2D eigenvalue weighted by Crippen LogP contribution is 2.22. The minimum absolute atomic E-state index is 0.256. The molecule has 0 unspecified atom stereocenters. The number of carbonyl (C=O) groups excluding carboxylic acids is 1. The lowest BCUT2D eigenvalue weighted by Crippen LogP contribution is -2.34. The number of amides is 1. The van der Waals surface area contributed by atoms with Gasteiger partial charge in [-0.3, -0.25) is 4.79 Å². The smallest absolute Gasteiger partial charge is 0.251 e. The number of hydrogen-bond acceptors (Lipinski definition) is 3. The topological polar surface area (TPSA) is 47.6 Å². The minimum atomic E-state index is -0.471. The van der Waals surface area contributed by atoms with Crippen molar-refractivity contribution in [2.24, 2.45) is 0 Å². The van der Waals surface area contributed by atoms with Gasteiger partial charge < -0.3 is 14.8 Å². The zero-order valence-corrected chi connectivity index (χ0v) is 11.0. The van der Waals surface area contributed by atoms with Crippen molar-refractivity contribution in [3.63, 3.8) is 0 Å². The van der Waals surface area contributed by atoms with Gasteiger partial charge in [-0.1, -0.05) is 23.2 Å². The number of nitrogens with one attached hydrogen (secondary N) is 1. The van der Waals surface area contributed by atoms with Gasteiger partial charge >= 0.3 is 0 Å². The standard InChI is InChI=1S/C11H13Cl2NO3/c1-16-10(17-2)6-14-11(15)7-3-4-8(12)9(13)5-7/h3-5,10H,6H2,1-2H3,(H,14,15). The van der Waals surface area contributed by atoms with Gasteiger partial charge in [0.2, 0.25) is 0 Å². The normalized spacial score (nSPS) is 10.6. The summed E-state index contributed by atoms with van der Waals surface area (Å²) in [7, 11) is 3.00. The highest BCUT2D eigenvalue weighted by molar-refractivity contribution is 6.42. The van der Waals surface area contributed by atoms with Crippen LogP contribution in [-0.4, -0.2) is 33.0 Å². The molecule has 0 bridgehead atoms. The van der Waals surface area contributed by atoms with Crippen LogP contribution in [0.1, 0.15) is 10.4 Å². The molecule has 1 aromatic rings. The Morgan fingerprint density at radius 2 is 1.94 bits per heavy atom. The van der Waals surface area contributed by atoms with Gasteiger partial charge in [0.1, 0.15) is 0 Å². The van der Waals surface area contributed by atoms with Crippen LogP contribution in [0.3, 0.4) is 0 Å². The molecule has 6 heteroatoms. The molecule has 0 saturated heterocycles. The second kappa shape index (κ2) is 6.81. The lowest BCUT2D eigenvalue weighted by atomic mass is 10.2. The molecule has 94 valence electrons. The molecule has 0 aliphatic carbocycles.